The van der Waals surface area contributed by atoms with Crippen molar-refractivity contribution in [1.82, 2.24) is 5.32 Å². The average molecular weight is 195 g/mol. The predicted molar refractivity (Wildman–Crippen MR) is 57.0 cm³/mol. The van der Waals surface area contributed by atoms with Gasteiger partial charge < -0.3 is 5.32 Å². The van der Waals surface area contributed by atoms with Gasteiger partial charge >= 0.3 is 0 Å². The summed E-state index contributed by atoms with van der Waals surface area (Å²) in [5, 5.41) is 3.09. The van der Waals surface area contributed by atoms with Gasteiger partial charge in [-0.1, -0.05) is 32.1 Å². The Morgan fingerprint density at radius 3 is 2.07 bits per heavy atom. The molecular weight excluding hydrogens is 174 g/mol. The van der Waals surface area contributed by atoms with E-state index in [-0.39, 0.29) is 5.41 Å². The summed E-state index contributed by atoms with van der Waals surface area (Å²) in [5.74, 6) is 0.358. The lowest BCUT2D eigenvalue weighted by molar-refractivity contribution is -0.131. The molecular formula is C12H21NO. The van der Waals surface area contributed by atoms with E-state index in [0.29, 0.717) is 5.91 Å². The quantitative estimate of drug-likeness (QED) is 0.632. The number of carbonyl (C=O) groups is 1. The van der Waals surface area contributed by atoms with Crippen molar-refractivity contribution < 1.29 is 4.79 Å². The number of nitrogens with one attached hydrogen (secondary N) is 1. The Balaban J connectivity index is 2.11. The normalized spacial score (nSPS) is 27.9. The van der Waals surface area contributed by atoms with Gasteiger partial charge in [-0.05, 0) is 25.7 Å². The topological polar surface area (TPSA) is 29.1 Å². The highest BCUT2D eigenvalue weighted by Crippen LogP contribution is 2.40. The lowest BCUT2D eigenvalue weighted by Gasteiger charge is -2.29. The molecule has 2 rings (SSSR count). The fourth-order valence-electron chi connectivity index (χ4n) is 2.97. The summed E-state index contributed by atoms with van der Waals surface area (Å²) in [6.07, 6.45) is 11.0. The van der Waals surface area contributed by atoms with Gasteiger partial charge in [0.2, 0.25) is 5.91 Å². The van der Waals surface area contributed by atoms with Gasteiger partial charge in [0.15, 0.2) is 0 Å². The summed E-state index contributed by atoms with van der Waals surface area (Å²) in [5.41, 5.74) is 0.0347. The van der Waals surface area contributed by atoms with Gasteiger partial charge in [0.1, 0.15) is 0 Å². The first-order chi connectivity index (χ1) is 6.83. The molecule has 1 aliphatic carbocycles. The summed E-state index contributed by atoms with van der Waals surface area (Å²) >= 11 is 0. The number of amides is 1. The Labute approximate surface area is 86.5 Å². The molecule has 80 valence electrons. The molecule has 2 nitrogen and oxygen atoms in total. The Bertz CT molecular complexity index is 196. The van der Waals surface area contributed by atoms with E-state index in [1.165, 1.54) is 38.5 Å². The summed E-state index contributed by atoms with van der Waals surface area (Å²) in [6.45, 7) is 0.903. The van der Waals surface area contributed by atoms with Crippen LogP contribution in [0.2, 0.25) is 0 Å². The first-order valence-corrected chi connectivity index (χ1v) is 6.12. The largest absolute Gasteiger partial charge is 0.356 e. The van der Waals surface area contributed by atoms with E-state index in [0.717, 1.165) is 25.8 Å². The predicted octanol–water partition coefficient (Wildman–Crippen LogP) is 2.63. The molecule has 0 unspecified atom stereocenters. The number of rotatable bonds is 0. The van der Waals surface area contributed by atoms with Crippen LogP contribution in [0.4, 0.5) is 0 Å². The van der Waals surface area contributed by atoms with Crippen molar-refractivity contribution in [3.05, 3.63) is 0 Å². The standard InChI is InChI=1S/C12H21NO/c14-11-12(9-5-6-10-13-11)7-3-1-2-4-8-12/h1-10H2,(H,13,14). The smallest absolute Gasteiger partial charge is 0.226 e. The third-order valence-corrected chi connectivity index (χ3v) is 3.91. The highest BCUT2D eigenvalue weighted by atomic mass is 16.2. The van der Waals surface area contributed by atoms with E-state index in [9.17, 15) is 4.79 Å². The molecule has 0 atom stereocenters. The maximum absolute atomic E-state index is 12.0. The fraction of sp³-hybridized carbons (Fsp3) is 0.917. The van der Waals surface area contributed by atoms with Crippen molar-refractivity contribution in [2.75, 3.05) is 6.54 Å². The molecule has 1 N–H and O–H groups in total. The minimum absolute atomic E-state index is 0.0347. The van der Waals surface area contributed by atoms with Crippen molar-refractivity contribution >= 4 is 5.91 Å². The molecule has 1 saturated carbocycles. The van der Waals surface area contributed by atoms with Crippen LogP contribution in [-0.4, -0.2) is 12.5 Å². The van der Waals surface area contributed by atoms with E-state index in [4.69, 9.17) is 0 Å². The number of carbonyl (C=O) groups excluding carboxylic acids is 1. The van der Waals surface area contributed by atoms with Crippen molar-refractivity contribution in [2.45, 2.75) is 57.8 Å². The van der Waals surface area contributed by atoms with Gasteiger partial charge in [0, 0.05) is 12.0 Å². The van der Waals surface area contributed by atoms with Crippen LogP contribution < -0.4 is 5.32 Å². The zero-order chi connectivity index (χ0) is 9.86. The summed E-state index contributed by atoms with van der Waals surface area (Å²) in [4.78, 5) is 12.0. The van der Waals surface area contributed by atoms with E-state index >= 15 is 0 Å². The summed E-state index contributed by atoms with van der Waals surface area (Å²) < 4.78 is 0. The molecule has 0 aromatic rings. The van der Waals surface area contributed by atoms with Gasteiger partial charge in [-0.3, -0.25) is 4.79 Å². The van der Waals surface area contributed by atoms with Gasteiger partial charge in [-0.25, -0.2) is 0 Å². The van der Waals surface area contributed by atoms with Crippen LogP contribution in [0.15, 0.2) is 0 Å². The molecule has 0 radical (unpaired) electrons. The van der Waals surface area contributed by atoms with Crippen LogP contribution in [0, 0.1) is 5.41 Å². The van der Waals surface area contributed by atoms with E-state index in [1.807, 2.05) is 0 Å². The molecule has 1 heterocycles. The summed E-state index contributed by atoms with van der Waals surface area (Å²) in [6, 6.07) is 0. The molecule has 1 aliphatic heterocycles. The minimum Gasteiger partial charge on any atom is -0.356 e. The van der Waals surface area contributed by atoms with Crippen LogP contribution in [0.25, 0.3) is 0 Å². The monoisotopic (exact) mass is 195 g/mol. The van der Waals surface area contributed by atoms with Crippen LogP contribution >= 0.6 is 0 Å². The molecule has 2 fully saturated rings. The number of hydrogen-bond acceptors (Lipinski definition) is 1. The first-order valence-electron chi connectivity index (χ1n) is 6.12. The zero-order valence-electron chi connectivity index (χ0n) is 8.98. The van der Waals surface area contributed by atoms with E-state index in [1.54, 1.807) is 0 Å². The van der Waals surface area contributed by atoms with Crippen LogP contribution in [0.3, 0.4) is 0 Å². The third kappa shape index (κ3) is 1.94. The number of hydrogen-bond donors (Lipinski definition) is 1. The highest BCUT2D eigenvalue weighted by Gasteiger charge is 2.38. The molecule has 0 aromatic heterocycles. The van der Waals surface area contributed by atoms with Crippen molar-refractivity contribution in [3.63, 3.8) is 0 Å². The van der Waals surface area contributed by atoms with Gasteiger partial charge in [0.25, 0.3) is 0 Å². The molecule has 14 heavy (non-hydrogen) atoms. The second-order valence-corrected chi connectivity index (χ2v) is 4.91. The fourth-order valence-corrected chi connectivity index (χ4v) is 2.97. The Morgan fingerprint density at radius 2 is 1.43 bits per heavy atom. The Kier molecular flexibility index (Phi) is 3.09. The summed E-state index contributed by atoms with van der Waals surface area (Å²) in [7, 11) is 0. The van der Waals surface area contributed by atoms with E-state index in [2.05, 4.69) is 5.32 Å². The molecule has 1 spiro atoms. The zero-order valence-corrected chi connectivity index (χ0v) is 8.98. The van der Waals surface area contributed by atoms with Gasteiger partial charge in [0.05, 0.1) is 0 Å². The molecule has 1 amide bonds. The van der Waals surface area contributed by atoms with Crippen molar-refractivity contribution in [3.8, 4) is 0 Å². The van der Waals surface area contributed by atoms with E-state index < -0.39 is 0 Å². The minimum atomic E-state index is 0.0347. The van der Waals surface area contributed by atoms with Crippen molar-refractivity contribution in [1.29, 1.82) is 0 Å². The molecule has 2 heteroatoms. The Hall–Kier alpha value is -0.530. The Morgan fingerprint density at radius 1 is 0.857 bits per heavy atom. The maximum Gasteiger partial charge on any atom is 0.226 e. The second kappa shape index (κ2) is 4.33. The molecule has 0 aromatic carbocycles. The lowest BCUT2D eigenvalue weighted by Crippen LogP contribution is -2.39. The van der Waals surface area contributed by atoms with Crippen molar-refractivity contribution in [2.24, 2.45) is 5.41 Å². The van der Waals surface area contributed by atoms with Crippen LogP contribution in [0.5, 0.6) is 0 Å². The van der Waals surface area contributed by atoms with Crippen LogP contribution in [0.1, 0.15) is 57.8 Å². The van der Waals surface area contributed by atoms with Gasteiger partial charge in [-0.2, -0.15) is 0 Å². The maximum atomic E-state index is 12.0. The lowest BCUT2D eigenvalue weighted by atomic mass is 9.76. The first kappa shape index (κ1) is 10.0. The molecule has 2 aliphatic rings. The molecule has 0 bridgehead atoms. The van der Waals surface area contributed by atoms with Gasteiger partial charge in [-0.15, -0.1) is 0 Å². The highest BCUT2D eigenvalue weighted by molar-refractivity contribution is 5.82. The third-order valence-electron chi connectivity index (χ3n) is 3.91. The second-order valence-electron chi connectivity index (χ2n) is 4.91. The molecule has 1 saturated heterocycles. The average Bonchev–Trinajstić information content (AvgIpc) is 2.51. The SMILES string of the molecule is O=C1NCCCCC12CCCCCC2. The van der Waals surface area contributed by atoms with Crippen LogP contribution in [-0.2, 0) is 4.79 Å².